The molecule has 7 nitrogen and oxygen atoms in total. The number of carbonyl (C=O) groups is 1. The van der Waals surface area contributed by atoms with Crippen LogP contribution in [0.5, 0.6) is 5.75 Å². The summed E-state index contributed by atoms with van der Waals surface area (Å²) < 4.78 is 35.9. The summed E-state index contributed by atoms with van der Waals surface area (Å²) >= 11 is 6.09. The summed E-state index contributed by atoms with van der Waals surface area (Å²) in [5.41, 5.74) is -0.0254. The predicted molar refractivity (Wildman–Crippen MR) is 120 cm³/mol. The molecule has 2 aromatic rings. The van der Waals surface area contributed by atoms with Gasteiger partial charge < -0.3 is 14.8 Å². The van der Waals surface area contributed by atoms with Gasteiger partial charge in [0.25, 0.3) is 0 Å². The molecule has 1 aliphatic rings. The molecule has 2 atom stereocenters. The van der Waals surface area contributed by atoms with Gasteiger partial charge in [-0.05, 0) is 42.8 Å². The lowest BCUT2D eigenvalue weighted by Gasteiger charge is -2.35. The van der Waals surface area contributed by atoms with Gasteiger partial charge in [-0.15, -0.1) is 0 Å². The van der Waals surface area contributed by atoms with Crippen LogP contribution in [0.1, 0.15) is 12.5 Å². The Bertz CT molecular complexity index is 1150. The fourth-order valence-electron chi connectivity index (χ4n) is 3.25. The molecule has 0 heterocycles. The van der Waals surface area contributed by atoms with Gasteiger partial charge >= 0.3 is 0 Å². The molecule has 1 amide bonds. The number of hydrogen-bond acceptors (Lipinski definition) is 5. The van der Waals surface area contributed by atoms with Crippen LogP contribution in [0.15, 0.2) is 71.7 Å². The zero-order valence-corrected chi connectivity index (χ0v) is 18.6. The summed E-state index contributed by atoms with van der Waals surface area (Å²) in [7, 11) is -2.60. The molecule has 9 heteroatoms. The average molecular weight is 463 g/mol. The van der Waals surface area contributed by atoms with Gasteiger partial charge in [0.2, 0.25) is 15.9 Å². The van der Waals surface area contributed by atoms with Crippen LogP contribution in [0, 0.1) is 0 Å². The van der Waals surface area contributed by atoms with Gasteiger partial charge in [0.05, 0.1) is 6.42 Å². The number of carbonyl (C=O) groups excluding carboxylic acids is 1. The molecule has 1 aliphatic carbocycles. The van der Waals surface area contributed by atoms with Crippen LogP contribution in [0.4, 0.5) is 5.69 Å². The Balaban J connectivity index is 1.85. The van der Waals surface area contributed by atoms with E-state index in [2.05, 4.69) is 5.32 Å². The summed E-state index contributed by atoms with van der Waals surface area (Å²) in [6, 6.07) is 11.3. The summed E-state index contributed by atoms with van der Waals surface area (Å²) in [6.45, 7) is 1.77. The lowest BCUT2D eigenvalue weighted by atomic mass is 9.94. The van der Waals surface area contributed by atoms with Crippen LogP contribution in [-0.2, 0) is 26.0 Å². The normalized spacial score (nSPS) is 20.5. The number of halogens is 1. The number of methoxy groups -OCH3 is 1. The van der Waals surface area contributed by atoms with Crippen LogP contribution >= 0.6 is 11.6 Å². The molecule has 0 radical (unpaired) electrons. The van der Waals surface area contributed by atoms with Crippen molar-refractivity contribution in [2.75, 3.05) is 12.4 Å². The first-order valence-electron chi connectivity index (χ1n) is 9.40. The average Bonchev–Trinajstić information content (AvgIpc) is 2.70. The molecular formula is C22H23ClN2O5S. The van der Waals surface area contributed by atoms with E-state index in [0.717, 1.165) is 0 Å². The number of anilines is 1. The fraction of sp³-hybridized carbons (Fsp3) is 0.227. The maximum absolute atomic E-state index is 12.4. The molecule has 3 rings (SSSR count). The largest absolute Gasteiger partial charge is 0.479 e. The van der Waals surface area contributed by atoms with Crippen LogP contribution in [0.3, 0.4) is 0 Å². The Labute approximate surface area is 186 Å². The zero-order chi connectivity index (χ0) is 22.6. The number of amides is 1. The highest BCUT2D eigenvalue weighted by Crippen LogP contribution is 2.33. The lowest BCUT2D eigenvalue weighted by molar-refractivity contribution is -0.115. The van der Waals surface area contributed by atoms with E-state index in [4.69, 9.17) is 26.2 Å². The van der Waals surface area contributed by atoms with E-state index in [1.807, 2.05) is 6.08 Å². The van der Waals surface area contributed by atoms with Gasteiger partial charge in [-0.1, -0.05) is 48.0 Å². The van der Waals surface area contributed by atoms with Crippen molar-refractivity contribution in [3.63, 3.8) is 0 Å². The Morgan fingerprint density at radius 2 is 1.97 bits per heavy atom. The van der Waals surface area contributed by atoms with Crippen molar-refractivity contribution in [1.82, 2.24) is 0 Å². The van der Waals surface area contributed by atoms with Crippen molar-refractivity contribution in [1.29, 1.82) is 0 Å². The number of hydrogen-bond donors (Lipinski definition) is 2. The third-order valence-corrected chi connectivity index (χ3v) is 6.12. The zero-order valence-electron chi connectivity index (χ0n) is 17.0. The summed E-state index contributed by atoms with van der Waals surface area (Å²) in [5.74, 6) is -0.301. The smallest absolute Gasteiger partial charge is 0.241 e. The Morgan fingerprint density at radius 1 is 1.23 bits per heavy atom. The summed E-state index contributed by atoms with van der Waals surface area (Å²) in [6.07, 6.45) is 6.79. The Morgan fingerprint density at radius 3 is 2.65 bits per heavy atom. The molecule has 2 unspecified atom stereocenters. The number of rotatable bonds is 7. The van der Waals surface area contributed by atoms with E-state index < -0.39 is 21.7 Å². The van der Waals surface area contributed by atoms with Crippen molar-refractivity contribution < 1.29 is 22.7 Å². The number of ether oxygens (including phenoxy) is 2. The van der Waals surface area contributed by atoms with Gasteiger partial charge in [0, 0.05) is 17.8 Å². The van der Waals surface area contributed by atoms with Crippen molar-refractivity contribution in [2.45, 2.75) is 29.9 Å². The number of sulfonamides is 1. The third kappa shape index (κ3) is 5.54. The molecule has 0 fully saturated rings. The van der Waals surface area contributed by atoms with Gasteiger partial charge in [0.1, 0.15) is 16.7 Å². The summed E-state index contributed by atoms with van der Waals surface area (Å²) in [4.78, 5) is 12.2. The standard InChI is InChI=1S/C22H23ClN2O5S/c1-22(12-6-5-9-20(22)29-2)30-18-11-10-16(14-19(18)31(24,27)28)25-21(26)13-15-7-3-4-8-17(15)23/h3-12,14,20H,13H2,1-2H3,(H,25,26)(H2,24,27,28). The van der Waals surface area contributed by atoms with E-state index in [0.29, 0.717) is 10.6 Å². The molecular weight excluding hydrogens is 440 g/mol. The molecule has 0 saturated heterocycles. The lowest BCUT2D eigenvalue weighted by Crippen LogP contribution is -2.44. The highest BCUT2D eigenvalue weighted by Gasteiger charge is 2.35. The quantitative estimate of drug-likeness (QED) is 0.655. The SMILES string of the molecule is COC1C=CC=CC1(C)Oc1ccc(NC(=O)Cc2ccccc2Cl)cc1S(N)(=O)=O. The molecule has 0 saturated carbocycles. The van der Waals surface area contributed by atoms with Gasteiger partial charge in [-0.3, -0.25) is 4.79 Å². The second-order valence-electron chi connectivity index (χ2n) is 7.21. The molecule has 3 N–H and O–H groups in total. The van der Waals surface area contributed by atoms with Crippen LogP contribution in [-0.4, -0.2) is 33.1 Å². The molecule has 0 spiro atoms. The van der Waals surface area contributed by atoms with Crippen molar-refractivity contribution in [3.05, 3.63) is 77.4 Å². The Kier molecular flexibility index (Phi) is 6.86. The van der Waals surface area contributed by atoms with E-state index >= 15 is 0 Å². The molecule has 0 aromatic heterocycles. The molecule has 0 bridgehead atoms. The minimum Gasteiger partial charge on any atom is -0.479 e. The van der Waals surface area contributed by atoms with Crippen LogP contribution in [0.2, 0.25) is 5.02 Å². The van der Waals surface area contributed by atoms with Gasteiger partial charge in [0.15, 0.2) is 5.60 Å². The predicted octanol–water partition coefficient (Wildman–Crippen LogP) is 3.45. The number of nitrogens with one attached hydrogen (secondary N) is 1. The van der Waals surface area contributed by atoms with E-state index in [1.165, 1.54) is 19.2 Å². The van der Waals surface area contributed by atoms with Crippen molar-refractivity contribution in [3.8, 4) is 5.75 Å². The van der Waals surface area contributed by atoms with Crippen LogP contribution < -0.4 is 15.2 Å². The highest BCUT2D eigenvalue weighted by atomic mass is 35.5. The first-order chi connectivity index (χ1) is 14.6. The minimum absolute atomic E-state index is 0.0351. The number of nitrogens with two attached hydrogens (primary N) is 1. The van der Waals surface area contributed by atoms with E-state index in [-0.39, 0.29) is 28.7 Å². The topological polar surface area (TPSA) is 108 Å². The van der Waals surface area contributed by atoms with E-state index in [1.54, 1.807) is 55.5 Å². The van der Waals surface area contributed by atoms with Gasteiger partial charge in [-0.2, -0.15) is 0 Å². The monoisotopic (exact) mass is 462 g/mol. The first kappa shape index (κ1) is 23.0. The van der Waals surface area contributed by atoms with E-state index in [9.17, 15) is 13.2 Å². The minimum atomic E-state index is -4.14. The third-order valence-electron chi connectivity index (χ3n) is 4.82. The molecule has 164 valence electrons. The molecule has 31 heavy (non-hydrogen) atoms. The number of primary sulfonamides is 1. The second kappa shape index (κ2) is 9.23. The maximum atomic E-state index is 12.4. The highest BCUT2D eigenvalue weighted by molar-refractivity contribution is 7.89. The molecule has 0 aliphatic heterocycles. The fourth-order valence-corrected chi connectivity index (χ4v) is 4.14. The number of allylic oxidation sites excluding steroid dienone is 2. The van der Waals surface area contributed by atoms with Crippen LogP contribution in [0.25, 0.3) is 0 Å². The van der Waals surface area contributed by atoms with Crippen molar-refractivity contribution in [2.24, 2.45) is 5.14 Å². The summed E-state index contributed by atoms with van der Waals surface area (Å²) in [5, 5.41) is 8.56. The number of benzene rings is 2. The molecule has 2 aromatic carbocycles. The second-order valence-corrected chi connectivity index (χ2v) is 9.15. The first-order valence-corrected chi connectivity index (χ1v) is 11.3. The Hall–Kier alpha value is -2.65. The maximum Gasteiger partial charge on any atom is 0.241 e. The van der Waals surface area contributed by atoms with Gasteiger partial charge in [-0.25, -0.2) is 13.6 Å². The van der Waals surface area contributed by atoms with Crippen molar-refractivity contribution >= 4 is 33.2 Å².